The highest BCUT2D eigenvalue weighted by atomic mass is 32.1. The lowest BCUT2D eigenvalue weighted by Gasteiger charge is -2.14. The molecule has 0 amide bonds. The van der Waals surface area contributed by atoms with Gasteiger partial charge in [-0.3, -0.25) is 4.79 Å². The Morgan fingerprint density at radius 1 is 1.50 bits per heavy atom. The van der Waals surface area contributed by atoms with E-state index in [0.717, 1.165) is 5.56 Å². The molecule has 1 aromatic rings. The first-order valence-corrected chi connectivity index (χ1v) is 4.90. The molecule has 0 aromatic heterocycles. The van der Waals surface area contributed by atoms with Crippen LogP contribution in [0.15, 0.2) is 24.3 Å². The third-order valence-corrected chi connectivity index (χ3v) is 2.11. The van der Waals surface area contributed by atoms with Crippen LogP contribution in [0.5, 0.6) is 0 Å². The Bertz CT molecular complexity index is 310. The second-order valence-corrected chi connectivity index (χ2v) is 3.31. The lowest BCUT2D eigenvalue weighted by atomic mass is 10.1. The summed E-state index contributed by atoms with van der Waals surface area (Å²) in [6.45, 7) is 1.38. The normalized spacial score (nSPS) is 12.1. The maximum atomic E-state index is 10.8. The third kappa shape index (κ3) is 2.96. The molecule has 0 aliphatic heterocycles. The molecule has 4 heteroatoms. The summed E-state index contributed by atoms with van der Waals surface area (Å²) in [7, 11) is 0. The van der Waals surface area contributed by atoms with Gasteiger partial charge in [-0.15, -0.1) is 0 Å². The van der Waals surface area contributed by atoms with Crippen LogP contribution >= 0.6 is 12.6 Å². The summed E-state index contributed by atoms with van der Waals surface area (Å²) in [6.07, 6.45) is -0.295. The third-order valence-electron chi connectivity index (χ3n) is 1.78. The van der Waals surface area contributed by atoms with Crippen molar-refractivity contribution >= 4 is 24.3 Å². The van der Waals surface area contributed by atoms with Gasteiger partial charge in [-0.05, 0) is 17.7 Å². The molecule has 3 nitrogen and oxygen atoms in total. The Kier molecular flexibility index (Phi) is 3.83. The number of anilines is 1. The number of thiol groups is 1. The molecule has 0 spiro atoms. The monoisotopic (exact) mass is 211 g/mol. The molecule has 1 unspecified atom stereocenters. The number of carbonyl (C=O) groups is 1. The molecule has 0 saturated heterocycles. The minimum absolute atomic E-state index is 0.295. The number of nitrogen functional groups attached to an aromatic ring is 1. The number of carbonyl (C=O) groups excluding carboxylic acids is 1. The van der Waals surface area contributed by atoms with E-state index >= 15 is 0 Å². The van der Waals surface area contributed by atoms with Crippen LogP contribution < -0.4 is 5.73 Å². The van der Waals surface area contributed by atoms with Crippen LogP contribution in [0.1, 0.15) is 18.6 Å². The molecule has 0 radical (unpaired) electrons. The van der Waals surface area contributed by atoms with Crippen LogP contribution in [0.4, 0.5) is 5.69 Å². The average Bonchev–Trinajstić information content (AvgIpc) is 2.15. The van der Waals surface area contributed by atoms with Gasteiger partial charge in [0, 0.05) is 18.4 Å². The van der Waals surface area contributed by atoms with Crippen LogP contribution in [0.3, 0.4) is 0 Å². The average molecular weight is 211 g/mol. The lowest BCUT2D eigenvalue weighted by Crippen LogP contribution is -2.09. The summed E-state index contributed by atoms with van der Waals surface area (Å²) < 4.78 is 5.07. The molecule has 0 fully saturated rings. The predicted molar refractivity (Wildman–Crippen MR) is 59.2 cm³/mol. The zero-order valence-electron chi connectivity index (χ0n) is 7.93. The molecular formula is C10H13NO2S. The predicted octanol–water partition coefficient (Wildman–Crippen LogP) is 1.80. The number of benzene rings is 1. The standard InChI is InChI=1S/C10H13NO2S/c1-7(12)13-10(6-14)8-2-4-9(11)5-3-8/h2-5,10,14H,6,11H2,1H3. The second-order valence-electron chi connectivity index (χ2n) is 2.95. The molecule has 0 aliphatic rings. The number of hydrogen-bond donors (Lipinski definition) is 2. The van der Waals surface area contributed by atoms with Gasteiger partial charge in [0.05, 0.1) is 0 Å². The fourth-order valence-electron chi connectivity index (χ4n) is 1.12. The van der Waals surface area contributed by atoms with Crippen molar-refractivity contribution in [3.63, 3.8) is 0 Å². The highest BCUT2D eigenvalue weighted by Gasteiger charge is 2.11. The zero-order valence-corrected chi connectivity index (χ0v) is 8.83. The first kappa shape index (κ1) is 10.9. The molecule has 1 rings (SSSR count). The number of nitrogens with two attached hydrogens (primary N) is 1. The molecule has 1 aromatic carbocycles. The molecule has 0 bridgehead atoms. The highest BCUT2D eigenvalue weighted by Crippen LogP contribution is 2.19. The van der Waals surface area contributed by atoms with Crippen LogP contribution in [0.25, 0.3) is 0 Å². The van der Waals surface area contributed by atoms with Gasteiger partial charge in [-0.1, -0.05) is 12.1 Å². The minimum Gasteiger partial charge on any atom is -0.457 e. The van der Waals surface area contributed by atoms with Crippen LogP contribution in [0.2, 0.25) is 0 Å². The highest BCUT2D eigenvalue weighted by molar-refractivity contribution is 7.80. The summed E-state index contributed by atoms with van der Waals surface area (Å²) in [5, 5.41) is 0. The van der Waals surface area contributed by atoms with E-state index in [2.05, 4.69) is 12.6 Å². The van der Waals surface area contributed by atoms with Gasteiger partial charge in [0.25, 0.3) is 0 Å². The largest absolute Gasteiger partial charge is 0.457 e. The van der Waals surface area contributed by atoms with Gasteiger partial charge in [0.15, 0.2) is 0 Å². The van der Waals surface area contributed by atoms with E-state index < -0.39 is 0 Å². The van der Waals surface area contributed by atoms with Gasteiger partial charge in [0.2, 0.25) is 0 Å². The van der Waals surface area contributed by atoms with Crippen molar-refractivity contribution < 1.29 is 9.53 Å². The smallest absolute Gasteiger partial charge is 0.303 e. The van der Waals surface area contributed by atoms with Gasteiger partial charge >= 0.3 is 5.97 Å². The van der Waals surface area contributed by atoms with Gasteiger partial charge in [-0.25, -0.2) is 0 Å². The summed E-state index contributed by atoms with van der Waals surface area (Å²) in [6, 6.07) is 7.21. The molecule has 2 N–H and O–H groups in total. The van der Waals surface area contributed by atoms with E-state index in [0.29, 0.717) is 11.4 Å². The summed E-state index contributed by atoms with van der Waals surface area (Å²) in [5.74, 6) is 0.157. The number of ether oxygens (including phenoxy) is 1. The van der Waals surface area contributed by atoms with Gasteiger partial charge in [0.1, 0.15) is 6.10 Å². The van der Waals surface area contributed by atoms with Gasteiger partial charge in [-0.2, -0.15) is 12.6 Å². The van der Waals surface area contributed by atoms with Crippen LogP contribution in [0, 0.1) is 0 Å². The molecule has 1 atom stereocenters. The Balaban J connectivity index is 2.78. The molecule has 0 aliphatic carbocycles. The quantitative estimate of drug-likeness (QED) is 0.455. The van der Waals surface area contributed by atoms with Crippen LogP contribution in [-0.2, 0) is 9.53 Å². The van der Waals surface area contributed by atoms with E-state index in [9.17, 15) is 4.79 Å². The first-order chi connectivity index (χ1) is 6.63. The van der Waals surface area contributed by atoms with E-state index in [1.807, 2.05) is 12.1 Å². The second kappa shape index (κ2) is 4.91. The Labute approximate surface area is 88.7 Å². The molecule has 76 valence electrons. The Morgan fingerprint density at radius 2 is 2.07 bits per heavy atom. The van der Waals surface area contributed by atoms with E-state index in [1.165, 1.54) is 6.92 Å². The zero-order chi connectivity index (χ0) is 10.6. The number of esters is 1. The van der Waals surface area contributed by atoms with E-state index in [-0.39, 0.29) is 12.1 Å². The van der Waals surface area contributed by atoms with Crippen molar-refractivity contribution in [1.29, 1.82) is 0 Å². The SMILES string of the molecule is CC(=O)OC(CS)c1ccc(N)cc1. The van der Waals surface area contributed by atoms with Gasteiger partial charge < -0.3 is 10.5 Å². The molecular weight excluding hydrogens is 198 g/mol. The Hall–Kier alpha value is -1.16. The topological polar surface area (TPSA) is 52.3 Å². The molecule has 14 heavy (non-hydrogen) atoms. The summed E-state index contributed by atoms with van der Waals surface area (Å²) in [5.41, 5.74) is 7.14. The number of rotatable bonds is 3. The van der Waals surface area contributed by atoms with Crippen molar-refractivity contribution in [2.75, 3.05) is 11.5 Å². The summed E-state index contributed by atoms with van der Waals surface area (Å²) >= 11 is 4.12. The van der Waals surface area contributed by atoms with Crippen molar-refractivity contribution in [2.24, 2.45) is 0 Å². The Morgan fingerprint density at radius 3 is 2.50 bits per heavy atom. The maximum absolute atomic E-state index is 10.8. The fraction of sp³-hybridized carbons (Fsp3) is 0.300. The number of hydrogen-bond acceptors (Lipinski definition) is 4. The minimum atomic E-state index is -0.305. The maximum Gasteiger partial charge on any atom is 0.303 e. The fourth-order valence-corrected chi connectivity index (χ4v) is 1.41. The van der Waals surface area contributed by atoms with E-state index in [1.54, 1.807) is 12.1 Å². The van der Waals surface area contributed by atoms with Crippen LogP contribution in [-0.4, -0.2) is 11.7 Å². The van der Waals surface area contributed by atoms with Crippen molar-refractivity contribution in [2.45, 2.75) is 13.0 Å². The first-order valence-electron chi connectivity index (χ1n) is 4.27. The van der Waals surface area contributed by atoms with Crippen molar-refractivity contribution in [3.8, 4) is 0 Å². The van der Waals surface area contributed by atoms with Crippen molar-refractivity contribution in [1.82, 2.24) is 0 Å². The summed E-state index contributed by atoms with van der Waals surface area (Å²) in [4.78, 5) is 10.8. The lowest BCUT2D eigenvalue weighted by molar-refractivity contribution is -0.145. The van der Waals surface area contributed by atoms with Crippen molar-refractivity contribution in [3.05, 3.63) is 29.8 Å². The molecule has 0 heterocycles. The molecule has 0 saturated carbocycles. The van der Waals surface area contributed by atoms with E-state index in [4.69, 9.17) is 10.5 Å².